The van der Waals surface area contributed by atoms with Crippen LogP contribution in [0.15, 0.2) is 36.4 Å². The Hall–Kier alpha value is -2.69. The molecular weight excluding hydrogens is 272 g/mol. The van der Waals surface area contributed by atoms with Crippen molar-refractivity contribution in [3.05, 3.63) is 42.0 Å². The van der Waals surface area contributed by atoms with Gasteiger partial charge in [0.2, 0.25) is 5.75 Å². The number of hydrogen-bond acceptors (Lipinski definition) is 5. The van der Waals surface area contributed by atoms with E-state index in [-0.39, 0.29) is 0 Å². The summed E-state index contributed by atoms with van der Waals surface area (Å²) in [6, 6.07) is 10.3. The van der Waals surface area contributed by atoms with Crippen molar-refractivity contribution in [1.82, 2.24) is 0 Å². The van der Waals surface area contributed by atoms with Crippen LogP contribution in [0, 0.1) is 0 Å². The minimum Gasteiger partial charge on any atom is -0.497 e. The lowest BCUT2D eigenvalue weighted by Crippen LogP contribution is -1.96. The zero-order valence-electron chi connectivity index (χ0n) is 12.1. The largest absolute Gasteiger partial charge is 0.497 e. The van der Waals surface area contributed by atoms with Gasteiger partial charge in [-0.1, -0.05) is 0 Å². The van der Waals surface area contributed by atoms with Gasteiger partial charge in [-0.3, -0.25) is 4.79 Å². The molecule has 5 nitrogen and oxygen atoms in total. The fourth-order valence-corrected chi connectivity index (χ4v) is 1.83. The number of ether oxygens (including phenoxy) is 4. The van der Waals surface area contributed by atoms with Gasteiger partial charge in [0.15, 0.2) is 11.5 Å². The van der Waals surface area contributed by atoms with Crippen LogP contribution < -0.4 is 18.9 Å². The van der Waals surface area contributed by atoms with Crippen LogP contribution in [0.2, 0.25) is 0 Å². The lowest BCUT2D eigenvalue weighted by molar-refractivity contribution is 0.112. The van der Waals surface area contributed by atoms with Gasteiger partial charge in [0.1, 0.15) is 17.8 Å². The molecule has 0 saturated heterocycles. The van der Waals surface area contributed by atoms with Gasteiger partial charge in [-0.15, -0.1) is 0 Å². The highest BCUT2D eigenvalue weighted by Gasteiger charge is 2.15. The van der Waals surface area contributed by atoms with E-state index in [1.165, 1.54) is 14.2 Å². The van der Waals surface area contributed by atoms with Crippen LogP contribution in [0.4, 0.5) is 0 Å². The van der Waals surface area contributed by atoms with Crippen LogP contribution >= 0.6 is 0 Å². The molecule has 0 aliphatic heterocycles. The van der Waals surface area contributed by atoms with E-state index in [1.54, 1.807) is 43.5 Å². The first kappa shape index (κ1) is 14.7. The van der Waals surface area contributed by atoms with Crippen molar-refractivity contribution in [2.24, 2.45) is 0 Å². The Morgan fingerprint density at radius 1 is 0.810 bits per heavy atom. The lowest BCUT2D eigenvalue weighted by Gasteiger charge is -2.15. The molecule has 0 spiro atoms. The predicted molar refractivity (Wildman–Crippen MR) is 78.0 cm³/mol. The minimum absolute atomic E-state index is 0.413. The monoisotopic (exact) mass is 288 g/mol. The third-order valence-electron chi connectivity index (χ3n) is 2.90. The Bertz CT molecular complexity index is 594. The quantitative estimate of drug-likeness (QED) is 0.763. The standard InChI is InChI=1S/C16H16O5/c1-18-12-4-6-13(7-5-12)21-16-14(19-2)8-11(10-17)9-15(16)20-3/h4-10H,1-3H3. The minimum atomic E-state index is 0.413. The number of rotatable bonds is 6. The van der Waals surface area contributed by atoms with E-state index in [1.807, 2.05) is 0 Å². The summed E-state index contributed by atoms with van der Waals surface area (Å²) in [7, 11) is 4.61. The highest BCUT2D eigenvalue weighted by atomic mass is 16.5. The topological polar surface area (TPSA) is 54.0 Å². The van der Waals surface area contributed by atoms with Crippen molar-refractivity contribution < 1.29 is 23.7 Å². The summed E-state index contributed by atoms with van der Waals surface area (Å²) in [5.41, 5.74) is 0.450. The molecule has 2 aromatic rings. The molecular formula is C16H16O5. The maximum atomic E-state index is 10.9. The molecule has 0 aliphatic rings. The Kier molecular flexibility index (Phi) is 4.66. The van der Waals surface area contributed by atoms with Crippen molar-refractivity contribution in [3.8, 4) is 28.7 Å². The first-order chi connectivity index (χ1) is 10.2. The molecule has 0 atom stereocenters. The Labute approximate surface area is 123 Å². The van der Waals surface area contributed by atoms with Crippen molar-refractivity contribution in [1.29, 1.82) is 0 Å². The first-order valence-corrected chi connectivity index (χ1v) is 6.25. The molecule has 0 N–H and O–H groups in total. The Morgan fingerprint density at radius 2 is 1.33 bits per heavy atom. The molecule has 2 aromatic carbocycles. The average Bonchev–Trinajstić information content (AvgIpc) is 2.55. The third-order valence-corrected chi connectivity index (χ3v) is 2.90. The van der Waals surface area contributed by atoms with Crippen LogP contribution in [-0.2, 0) is 0 Å². The fourth-order valence-electron chi connectivity index (χ4n) is 1.83. The van der Waals surface area contributed by atoms with E-state index in [0.29, 0.717) is 28.6 Å². The van der Waals surface area contributed by atoms with Crippen molar-refractivity contribution >= 4 is 6.29 Å². The molecule has 0 unspecified atom stereocenters. The first-order valence-electron chi connectivity index (χ1n) is 6.25. The number of methoxy groups -OCH3 is 3. The third kappa shape index (κ3) is 3.25. The summed E-state index contributed by atoms with van der Waals surface area (Å²) < 4.78 is 21.4. The average molecular weight is 288 g/mol. The van der Waals surface area contributed by atoms with E-state index in [9.17, 15) is 4.79 Å². The summed E-state index contributed by atoms with van der Waals surface area (Å²) in [4.78, 5) is 10.9. The van der Waals surface area contributed by atoms with E-state index in [2.05, 4.69) is 0 Å². The molecule has 0 fully saturated rings. The maximum Gasteiger partial charge on any atom is 0.211 e. The Morgan fingerprint density at radius 3 is 1.76 bits per heavy atom. The second-order valence-electron chi connectivity index (χ2n) is 4.15. The molecule has 0 amide bonds. The molecule has 0 radical (unpaired) electrons. The summed E-state index contributed by atoms with van der Waals surface area (Å²) in [5, 5.41) is 0. The summed E-state index contributed by atoms with van der Waals surface area (Å²) in [6.07, 6.45) is 0.724. The molecule has 0 aliphatic carbocycles. The van der Waals surface area contributed by atoms with E-state index >= 15 is 0 Å². The Balaban J connectivity index is 2.39. The van der Waals surface area contributed by atoms with Gasteiger partial charge in [0.25, 0.3) is 0 Å². The second-order valence-corrected chi connectivity index (χ2v) is 4.15. The van der Waals surface area contributed by atoms with Gasteiger partial charge in [-0.05, 0) is 36.4 Å². The SMILES string of the molecule is COc1ccc(Oc2c(OC)cc(C=O)cc2OC)cc1. The van der Waals surface area contributed by atoms with Crippen molar-refractivity contribution in [2.75, 3.05) is 21.3 Å². The number of benzene rings is 2. The predicted octanol–water partition coefficient (Wildman–Crippen LogP) is 3.32. The molecule has 2 rings (SSSR count). The highest BCUT2D eigenvalue weighted by Crippen LogP contribution is 2.41. The smallest absolute Gasteiger partial charge is 0.211 e. The molecule has 0 bridgehead atoms. The van der Waals surface area contributed by atoms with E-state index < -0.39 is 0 Å². The van der Waals surface area contributed by atoms with Crippen LogP contribution in [0.25, 0.3) is 0 Å². The zero-order valence-corrected chi connectivity index (χ0v) is 12.1. The number of carbonyl (C=O) groups is 1. The van der Waals surface area contributed by atoms with Gasteiger partial charge in [-0.25, -0.2) is 0 Å². The molecule has 0 saturated carbocycles. The molecule has 0 heterocycles. The maximum absolute atomic E-state index is 10.9. The number of carbonyl (C=O) groups excluding carboxylic acids is 1. The summed E-state index contributed by atoms with van der Waals surface area (Å²) in [6.45, 7) is 0. The van der Waals surface area contributed by atoms with Crippen LogP contribution in [-0.4, -0.2) is 27.6 Å². The van der Waals surface area contributed by atoms with E-state index in [0.717, 1.165) is 12.0 Å². The van der Waals surface area contributed by atoms with Crippen molar-refractivity contribution in [2.45, 2.75) is 0 Å². The normalized spacial score (nSPS) is 9.86. The van der Waals surface area contributed by atoms with Gasteiger partial charge in [0, 0.05) is 5.56 Å². The van der Waals surface area contributed by atoms with E-state index in [4.69, 9.17) is 18.9 Å². The second kappa shape index (κ2) is 6.65. The summed E-state index contributed by atoms with van der Waals surface area (Å²) >= 11 is 0. The van der Waals surface area contributed by atoms with Gasteiger partial charge in [0.05, 0.1) is 21.3 Å². The van der Waals surface area contributed by atoms with Gasteiger partial charge < -0.3 is 18.9 Å². The molecule has 21 heavy (non-hydrogen) atoms. The molecule has 0 aromatic heterocycles. The van der Waals surface area contributed by atoms with Crippen LogP contribution in [0.1, 0.15) is 10.4 Å². The number of hydrogen-bond donors (Lipinski definition) is 0. The van der Waals surface area contributed by atoms with Crippen molar-refractivity contribution in [3.63, 3.8) is 0 Å². The molecule has 110 valence electrons. The fraction of sp³-hybridized carbons (Fsp3) is 0.188. The summed E-state index contributed by atoms with van der Waals surface area (Å²) in [5.74, 6) is 2.60. The zero-order chi connectivity index (χ0) is 15.2. The lowest BCUT2D eigenvalue weighted by atomic mass is 10.2. The molecule has 5 heteroatoms. The van der Waals surface area contributed by atoms with Crippen LogP contribution in [0.5, 0.6) is 28.7 Å². The van der Waals surface area contributed by atoms with Gasteiger partial charge >= 0.3 is 0 Å². The highest BCUT2D eigenvalue weighted by molar-refractivity contribution is 5.78. The number of aldehydes is 1. The van der Waals surface area contributed by atoms with Crippen LogP contribution in [0.3, 0.4) is 0 Å². The van der Waals surface area contributed by atoms with Gasteiger partial charge in [-0.2, -0.15) is 0 Å².